The Kier molecular flexibility index (Phi) is 11.6. The molecule has 8 heteroatoms. The molecule has 1 heterocycles. The van der Waals surface area contributed by atoms with Crippen LogP contribution in [0.4, 0.5) is 0 Å². The zero-order chi connectivity index (χ0) is 20.9. The van der Waals surface area contributed by atoms with Gasteiger partial charge < -0.3 is 25.6 Å². The lowest BCUT2D eigenvalue weighted by atomic mass is 10.1. The number of carbonyl (C=O) groups is 2. The van der Waals surface area contributed by atoms with Gasteiger partial charge in [0, 0.05) is 58.7 Å². The number of unbranched alkanes of at least 4 members (excludes halogenated alkanes) is 2. The van der Waals surface area contributed by atoms with E-state index in [0.29, 0.717) is 64.0 Å². The summed E-state index contributed by atoms with van der Waals surface area (Å²) in [7, 11) is 1.65. The number of guanidine groups is 1. The Morgan fingerprint density at radius 3 is 2.21 bits per heavy atom. The standard InChI is InChI=1S/C20H39N5O3/c1-16(2)14-19(27)25-12-10-24(11-13-25)18(26)8-6-5-7-9-22-20(21)23-17(3)15-28-4/h16-17H,5-15H2,1-4H3,(H3,21,22,23). The summed E-state index contributed by atoms with van der Waals surface area (Å²) in [6, 6.07) is 0.132. The fourth-order valence-corrected chi connectivity index (χ4v) is 3.20. The molecule has 28 heavy (non-hydrogen) atoms. The Balaban J connectivity index is 2.13. The molecule has 1 unspecified atom stereocenters. The molecule has 0 saturated carbocycles. The summed E-state index contributed by atoms with van der Waals surface area (Å²) in [4.78, 5) is 32.5. The van der Waals surface area contributed by atoms with Gasteiger partial charge in [-0.25, -0.2) is 0 Å². The number of hydrogen-bond acceptors (Lipinski definition) is 4. The molecule has 8 nitrogen and oxygen atoms in total. The van der Waals surface area contributed by atoms with Gasteiger partial charge >= 0.3 is 0 Å². The van der Waals surface area contributed by atoms with E-state index in [1.807, 2.05) is 16.7 Å². The molecule has 1 fully saturated rings. The van der Waals surface area contributed by atoms with E-state index in [1.54, 1.807) is 7.11 Å². The Bertz CT molecular complexity index is 502. The van der Waals surface area contributed by atoms with Crippen molar-refractivity contribution in [2.45, 2.75) is 58.9 Å². The fourth-order valence-electron chi connectivity index (χ4n) is 3.20. The summed E-state index contributed by atoms with van der Waals surface area (Å²) in [6.07, 6.45) is 3.85. The predicted molar refractivity (Wildman–Crippen MR) is 112 cm³/mol. The number of piperazine rings is 1. The summed E-state index contributed by atoms with van der Waals surface area (Å²) < 4.78 is 5.04. The first kappa shape index (κ1) is 24.2. The highest BCUT2D eigenvalue weighted by molar-refractivity contribution is 5.79. The number of methoxy groups -OCH3 is 1. The van der Waals surface area contributed by atoms with Crippen molar-refractivity contribution in [3.05, 3.63) is 0 Å². The van der Waals surface area contributed by atoms with Crippen molar-refractivity contribution in [2.24, 2.45) is 16.6 Å². The van der Waals surface area contributed by atoms with Crippen molar-refractivity contribution in [3.63, 3.8) is 0 Å². The van der Waals surface area contributed by atoms with Crippen molar-refractivity contribution in [2.75, 3.05) is 46.4 Å². The summed E-state index contributed by atoms with van der Waals surface area (Å²) >= 11 is 0. The normalized spacial score (nSPS) is 16.4. The third-order valence-corrected chi connectivity index (χ3v) is 4.71. The highest BCUT2D eigenvalue weighted by Gasteiger charge is 2.23. The number of hydrogen-bond donors (Lipinski definition) is 2. The lowest BCUT2D eigenvalue weighted by Gasteiger charge is -2.35. The molecule has 162 valence electrons. The number of nitrogens with zero attached hydrogens (tertiary/aromatic N) is 3. The number of ether oxygens (including phenoxy) is 1. The second-order valence-electron chi connectivity index (χ2n) is 7.94. The maximum Gasteiger partial charge on any atom is 0.222 e. The summed E-state index contributed by atoms with van der Waals surface area (Å²) in [6.45, 7) is 9.92. The molecule has 1 rings (SSSR count). The van der Waals surface area contributed by atoms with Gasteiger partial charge in [-0.05, 0) is 25.7 Å². The summed E-state index contributed by atoms with van der Waals surface area (Å²) in [5.74, 6) is 1.20. The molecule has 0 aliphatic carbocycles. The Labute approximate surface area is 169 Å². The lowest BCUT2D eigenvalue weighted by molar-refractivity contribution is -0.140. The van der Waals surface area contributed by atoms with Gasteiger partial charge in [-0.2, -0.15) is 0 Å². The van der Waals surface area contributed by atoms with Crippen LogP contribution in [-0.2, 0) is 14.3 Å². The van der Waals surface area contributed by atoms with E-state index in [0.717, 1.165) is 19.3 Å². The largest absolute Gasteiger partial charge is 0.383 e. The molecule has 0 aromatic carbocycles. The molecule has 1 aliphatic rings. The van der Waals surface area contributed by atoms with Crippen LogP contribution in [0.25, 0.3) is 0 Å². The molecule has 0 radical (unpaired) electrons. The van der Waals surface area contributed by atoms with Crippen molar-refractivity contribution in [1.29, 1.82) is 0 Å². The molecule has 0 bridgehead atoms. The van der Waals surface area contributed by atoms with Crippen LogP contribution in [0.15, 0.2) is 4.99 Å². The molecular formula is C20H39N5O3. The van der Waals surface area contributed by atoms with E-state index in [4.69, 9.17) is 10.5 Å². The number of amides is 2. The SMILES string of the molecule is COCC(C)NC(N)=NCCCCCC(=O)N1CCN(C(=O)CC(C)C)CC1. The van der Waals surface area contributed by atoms with Crippen LogP contribution in [-0.4, -0.2) is 80.1 Å². The average Bonchev–Trinajstić information content (AvgIpc) is 2.64. The van der Waals surface area contributed by atoms with E-state index in [2.05, 4.69) is 24.2 Å². The Morgan fingerprint density at radius 1 is 1.04 bits per heavy atom. The maximum absolute atomic E-state index is 12.3. The van der Waals surface area contributed by atoms with Gasteiger partial charge in [0.25, 0.3) is 0 Å². The van der Waals surface area contributed by atoms with Crippen LogP contribution in [0, 0.1) is 5.92 Å². The van der Waals surface area contributed by atoms with Crippen LogP contribution in [0.2, 0.25) is 0 Å². The van der Waals surface area contributed by atoms with Gasteiger partial charge in [-0.15, -0.1) is 0 Å². The Morgan fingerprint density at radius 2 is 1.64 bits per heavy atom. The number of nitrogens with two attached hydrogens (primary N) is 1. The first-order chi connectivity index (χ1) is 13.3. The molecule has 1 atom stereocenters. The predicted octanol–water partition coefficient (Wildman–Crippen LogP) is 1.20. The Hall–Kier alpha value is -1.83. The van der Waals surface area contributed by atoms with Crippen LogP contribution < -0.4 is 11.1 Å². The minimum atomic E-state index is 0.132. The monoisotopic (exact) mass is 397 g/mol. The van der Waals surface area contributed by atoms with E-state index < -0.39 is 0 Å². The fraction of sp³-hybridized carbons (Fsp3) is 0.850. The number of carbonyl (C=O) groups excluding carboxylic acids is 2. The van der Waals surface area contributed by atoms with E-state index in [9.17, 15) is 9.59 Å². The first-order valence-corrected chi connectivity index (χ1v) is 10.4. The molecular weight excluding hydrogens is 358 g/mol. The van der Waals surface area contributed by atoms with E-state index in [1.165, 1.54) is 0 Å². The number of aliphatic imine (C=N–C) groups is 1. The second-order valence-corrected chi connectivity index (χ2v) is 7.94. The number of rotatable bonds is 11. The minimum absolute atomic E-state index is 0.132. The molecule has 1 aliphatic heterocycles. The highest BCUT2D eigenvalue weighted by atomic mass is 16.5. The molecule has 0 spiro atoms. The van der Waals surface area contributed by atoms with Crippen LogP contribution in [0.1, 0.15) is 52.9 Å². The number of nitrogens with one attached hydrogen (secondary N) is 1. The lowest BCUT2D eigenvalue weighted by Crippen LogP contribution is -2.50. The van der Waals surface area contributed by atoms with E-state index in [-0.39, 0.29) is 17.9 Å². The zero-order valence-electron chi connectivity index (χ0n) is 18.1. The molecule has 0 aromatic heterocycles. The van der Waals surface area contributed by atoms with Crippen molar-refractivity contribution in [3.8, 4) is 0 Å². The van der Waals surface area contributed by atoms with Gasteiger partial charge in [0.2, 0.25) is 11.8 Å². The molecule has 3 N–H and O–H groups in total. The van der Waals surface area contributed by atoms with Gasteiger partial charge in [-0.3, -0.25) is 14.6 Å². The van der Waals surface area contributed by atoms with Gasteiger partial charge in [0.05, 0.1) is 6.61 Å². The quantitative estimate of drug-likeness (QED) is 0.310. The second kappa shape index (κ2) is 13.4. The van der Waals surface area contributed by atoms with Crippen LogP contribution >= 0.6 is 0 Å². The van der Waals surface area contributed by atoms with Crippen LogP contribution in [0.3, 0.4) is 0 Å². The van der Waals surface area contributed by atoms with Crippen molar-refractivity contribution < 1.29 is 14.3 Å². The van der Waals surface area contributed by atoms with Gasteiger partial charge in [0.1, 0.15) is 0 Å². The van der Waals surface area contributed by atoms with Crippen LogP contribution in [0.5, 0.6) is 0 Å². The van der Waals surface area contributed by atoms with Gasteiger partial charge in [-0.1, -0.05) is 20.3 Å². The van der Waals surface area contributed by atoms with Gasteiger partial charge in [0.15, 0.2) is 5.96 Å². The minimum Gasteiger partial charge on any atom is -0.383 e. The third kappa shape index (κ3) is 9.92. The van der Waals surface area contributed by atoms with Crippen molar-refractivity contribution >= 4 is 17.8 Å². The zero-order valence-corrected chi connectivity index (χ0v) is 18.1. The van der Waals surface area contributed by atoms with E-state index >= 15 is 0 Å². The topological polar surface area (TPSA) is 100 Å². The maximum atomic E-state index is 12.3. The molecule has 1 saturated heterocycles. The molecule has 2 amide bonds. The smallest absolute Gasteiger partial charge is 0.222 e. The summed E-state index contributed by atoms with van der Waals surface area (Å²) in [5.41, 5.74) is 5.82. The first-order valence-electron chi connectivity index (χ1n) is 10.4. The molecule has 0 aromatic rings. The van der Waals surface area contributed by atoms with Crippen molar-refractivity contribution in [1.82, 2.24) is 15.1 Å². The highest BCUT2D eigenvalue weighted by Crippen LogP contribution is 2.10. The third-order valence-electron chi connectivity index (χ3n) is 4.71. The summed E-state index contributed by atoms with van der Waals surface area (Å²) in [5, 5.41) is 3.07. The average molecular weight is 398 g/mol.